The molecule has 0 unspecified atom stereocenters. The second-order valence-corrected chi connectivity index (χ2v) is 5.43. The lowest BCUT2D eigenvalue weighted by Gasteiger charge is -2.06. The minimum Gasteiger partial charge on any atom is -0.493 e. The second-order valence-electron chi connectivity index (χ2n) is 5.43. The normalized spacial score (nSPS) is 10.6. The number of rotatable bonds is 8. The minimum absolute atomic E-state index is 0.0712. The molecule has 0 saturated heterocycles. The van der Waals surface area contributed by atoms with E-state index in [1.165, 1.54) is 0 Å². The third-order valence-corrected chi connectivity index (χ3v) is 3.17. The van der Waals surface area contributed by atoms with Gasteiger partial charge in [0.1, 0.15) is 5.75 Å². The summed E-state index contributed by atoms with van der Waals surface area (Å²) in [6.07, 6.45) is -0.0712. The molecule has 1 N–H and O–H groups in total. The van der Waals surface area contributed by atoms with Crippen molar-refractivity contribution < 1.29 is 19.4 Å². The first-order valence-electron chi connectivity index (χ1n) is 7.64. The molecule has 0 saturated carbocycles. The van der Waals surface area contributed by atoms with Crippen LogP contribution in [0.3, 0.4) is 0 Å². The highest BCUT2D eigenvalue weighted by Crippen LogP contribution is 2.18. The summed E-state index contributed by atoms with van der Waals surface area (Å²) in [6.45, 7) is 0.0889. The first-order chi connectivity index (χ1) is 12.0. The summed E-state index contributed by atoms with van der Waals surface area (Å²) in [5.74, 6) is -0.509. The van der Waals surface area contributed by atoms with E-state index in [-0.39, 0.29) is 18.8 Å². The quantitative estimate of drug-likeness (QED) is 0.452. The van der Waals surface area contributed by atoms with Gasteiger partial charge in [-0.05, 0) is 48.5 Å². The third-order valence-electron chi connectivity index (χ3n) is 3.17. The van der Waals surface area contributed by atoms with Gasteiger partial charge in [0.2, 0.25) is 0 Å². The molecule has 0 radical (unpaired) electrons. The number of hydrogen-bond acceptors (Lipinski definition) is 5. The predicted molar refractivity (Wildman–Crippen MR) is 92.3 cm³/mol. The van der Waals surface area contributed by atoms with E-state index in [4.69, 9.17) is 9.84 Å². The van der Waals surface area contributed by atoms with E-state index in [0.29, 0.717) is 22.6 Å². The van der Waals surface area contributed by atoms with Gasteiger partial charge in [-0.3, -0.25) is 14.6 Å². The molecule has 2 aromatic rings. The number of ketones is 1. The number of carboxylic acid groups (broad SMARTS) is 1. The molecule has 0 spiro atoms. The maximum atomic E-state index is 12.5. The zero-order chi connectivity index (χ0) is 18.2. The van der Waals surface area contributed by atoms with Crippen molar-refractivity contribution in [3.8, 4) is 5.75 Å². The van der Waals surface area contributed by atoms with E-state index < -0.39 is 5.97 Å². The number of ether oxygens (including phenoxy) is 1. The molecule has 7 heteroatoms. The average Bonchev–Trinajstić information content (AvgIpc) is 2.60. The van der Waals surface area contributed by atoms with E-state index in [1.54, 1.807) is 67.6 Å². The number of carbonyl (C=O) groups is 2. The Morgan fingerprint density at radius 3 is 2.08 bits per heavy atom. The van der Waals surface area contributed by atoms with Crippen LogP contribution in [0.15, 0.2) is 58.9 Å². The summed E-state index contributed by atoms with van der Waals surface area (Å²) in [5, 5.41) is 18.1. The number of aliphatic carboxylic acids is 1. The van der Waals surface area contributed by atoms with Crippen molar-refractivity contribution in [2.24, 2.45) is 10.3 Å². The van der Waals surface area contributed by atoms with Crippen molar-refractivity contribution in [1.82, 2.24) is 5.01 Å². The Morgan fingerprint density at radius 1 is 1.00 bits per heavy atom. The van der Waals surface area contributed by atoms with Gasteiger partial charge in [-0.1, -0.05) is 5.22 Å². The molecule has 2 aromatic carbocycles. The van der Waals surface area contributed by atoms with Crippen LogP contribution in [0.2, 0.25) is 0 Å². The van der Waals surface area contributed by atoms with Gasteiger partial charge in [-0.2, -0.15) is 0 Å². The van der Waals surface area contributed by atoms with Gasteiger partial charge in [0.05, 0.1) is 18.7 Å². The molecule has 0 heterocycles. The lowest BCUT2D eigenvalue weighted by Crippen LogP contribution is -2.05. The summed E-state index contributed by atoms with van der Waals surface area (Å²) in [7, 11) is 3.55. The molecule has 0 aliphatic carbocycles. The zero-order valence-corrected chi connectivity index (χ0v) is 14.0. The van der Waals surface area contributed by atoms with E-state index >= 15 is 0 Å². The van der Waals surface area contributed by atoms with Crippen molar-refractivity contribution >= 4 is 17.4 Å². The fourth-order valence-electron chi connectivity index (χ4n) is 1.95. The van der Waals surface area contributed by atoms with Crippen molar-refractivity contribution in [2.75, 3.05) is 20.7 Å². The van der Waals surface area contributed by atoms with E-state index in [0.717, 1.165) is 0 Å². The summed E-state index contributed by atoms with van der Waals surface area (Å²) >= 11 is 0. The number of nitrogens with zero attached hydrogens (tertiary/aromatic N) is 3. The molecule has 0 amide bonds. The predicted octanol–water partition coefficient (Wildman–Crippen LogP) is 3.33. The molecule has 0 aliphatic heterocycles. The Morgan fingerprint density at radius 2 is 1.56 bits per heavy atom. The van der Waals surface area contributed by atoms with Gasteiger partial charge < -0.3 is 9.84 Å². The van der Waals surface area contributed by atoms with Crippen molar-refractivity contribution in [3.63, 3.8) is 0 Å². The number of hydrogen-bond donors (Lipinski definition) is 1. The SMILES string of the molecule is CN(C)/N=N/c1ccc(C(=O)c2ccc(OCCC(=O)O)cc2)cc1. The zero-order valence-electron chi connectivity index (χ0n) is 14.0. The average molecular weight is 341 g/mol. The van der Waals surface area contributed by atoms with Crippen LogP contribution in [-0.2, 0) is 4.79 Å². The number of carboxylic acids is 1. The summed E-state index contributed by atoms with van der Waals surface area (Å²) in [6, 6.07) is 13.4. The van der Waals surface area contributed by atoms with E-state index in [1.807, 2.05) is 0 Å². The van der Waals surface area contributed by atoms with Crippen LogP contribution in [0.5, 0.6) is 5.75 Å². The second kappa shape index (κ2) is 8.58. The largest absolute Gasteiger partial charge is 0.493 e. The molecule has 0 fully saturated rings. The van der Waals surface area contributed by atoms with Crippen LogP contribution in [0, 0.1) is 0 Å². The molecular formula is C18H19N3O4. The Hall–Kier alpha value is -3.22. The fraction of sp³-hybridized carbons (Fsp3) is 0.222. The highest BCUT2D eigenvalue weighted by atomic mass is 16.5. The first-order valence-corrected chi connectivity index (χ1v) is 7.64. The lowest BCUT2D eigenvalue weighted by molar-refractivity contribution is -0.137. The lowest BCUT2D eigenvalue weighted by atomic mass is 10.0. The fourth-order valence-corrected chi connectivity index (χ4v) is 1.95. The third kappa shape index (κ3) is 5.72. The maximum absolute atomic E-state index is 12.5. The van der Waals surface area contributed by atoms with E-state index in [9.17, 15) is 9.59 Å². The summed E-state index contributed by atoms with van der Waals surface area (Å²) < 4.78 is 5.30. The monoisotopic (exact) mass is 341 g/mol. The highest BCUT2D eigenvalue weighted by Gasteiger charge is 2.09. The van der Waals surface area contributed by atoms with Gasteiger partial charge in [0, 0.05) is 25.2 Å². The molecule has 2 rings (SSSR count). The molecule has 7 nitrogen and oxygen atoms in total. The minimum atomic E-state index is -0.916. The molecule has 25 heavy (non-hydrogen) atoms. The van der Waals surface area contributed by atoms with Crippen LogP contribution in [0.1, 0.15) is 22.3 Å². The molecule has 0 bridgehead atoms. The Labute approximate surface area is 145 Å². The topological polar surface area (TPSA) is 91.6 Å². The Kier molecular flexibility index (Phi) is 6.22. The summed E-state index contributed by atoms with van der Waals surface area (Å²) in [5.41, 5.74) is 1.73. The van der Waals surface area contributed by atoms with Crippen LogP contribution in [0.4, 0.5) is 5.69 Å². The van der Waals surface area contributed by atoms with Gasteiger partial charge >= 0.3 is 5.97 Å². The van der Waals surface area contributed by atoms with Gasteiger partial charge in [0.15, 0.2) is 5.78 Å². The smallest absolute Gasteiger partial charge is 0.306 e. The van der Waals surface area contributed by atoms with Crippen LogP contribution in [0.25, 0.3) is 0 Å². The van der Waals surface area contributed by atoms with Crippen LogP contribution >= 0.6 is 0 Å². The molecular weight excluding hydrogens is 322 g/mol. The van der Waals surface area contributed by atoms with Crippen molar-refractivity contribution in [3.05, 3.63) is 59.7 Å². The highest BCUT2D eigenvalue weighted by molar-refractivity contribution is 6.09. The molecule has 0 atom stereocenters. The molecule has 0 aliphatic rings. The maximum Gasteiger partial charge on any atom is 0.306 e. The van der Waals surface area contributed by atoms with Gasteiger partial charge in [-0.25, -0.2) is 0 Å². The number of carbonyl (C=O) groups excluding carboxylic acids is 1. The van der Waals surface area contributed by atoms with Crippen LogP contribution < -0.4 is 4.74 Å². The summed E-state index contributed by atoms with van der Waals surface area (Å²) in [4.78, 5) is 22.9. The standard InChI is InChI=1S/C18H19N3O4/c1-21(2)20-19-15-7-3-13(4-8-15)18(24)14-5-9-16(10-6-14)25-12-11-17(22)23/h3-10H,11-12H2,1-2H3,(H,22,23)/b20-19+. The Balaban J connectivity index is 2.01. The van der Waals surface area contributed by atoms with E-state index in [2.05, 4.69) is 10.3 Å². The molecule has 130 valence electrons. The van der Waals surface area contributed by atoms with Gasteiger partial charge in [-0.15, -0.1) is 5.11 Å². The van der Waals surface area contributed by atoms with Gasteiger partial charge in [0.25, 0.3) is 0 Å². The first kappa shape index (κ1) is 18.1. The van der Waals surface area contributed by atoms with Crippen molar-refractivity contribution in [2.45, 2.75) is 6.42 Å². The van der Waals surface area contributed by atoms with Crippen LogP contribution in [-0.4, -0.2) is 42.6 Å². The van der Waals surface area contributed by atoms with Crippen molar-refractivity contribution in [1.29, 1.82) is 0 Å². The molecule has 0 aromatic heterocycles. The Bertz CT molecular complexity index is 753. The number of benzene rings is 2.